The summed E-state index contributed by atoms with van der Waals surface area (Å²) in [7, 11) is -3.36. The van der Waals surface area contributed by atoms with E-state index in [0.29, 0.717) is 11.3 Å². The second kappa shape index (κ2) is 6.50. The van der Waals surface area contributed by atoms with Gasteiger partial charge in [0, 0.05) is 29.6 Å². The lowest BCUT2D eigenvalue weighted by atomic mass is 10.1. The van der Waals surface area contributed by atoms with Gasteiger partial charge in [0.2, 0.25) is 0 Å². The van der Waals surface area contributed by atoms with Crippen molar-refractivity contribution in [3.05, 3.63) is 66.9 Å². The highest BCUT2D eigenvalue weighted by atomic mass is 31.2. The highest BCUT2D eigenvalue weighted by Crippen LogP contribution is 2.42. The SMILES string of the molecule is COP(=O)([O-])Oc1ccccc1-c1ccc2ccc3cccnc3c2n1. The van der Waals surface area contributed by atoms with Crippen LogP contribution in [0.3, 0.4) is 0 Å². The van der Waals surface area contributed by atoms with Crippen molar-refractivity contribution in [3.8, 4) is 17.0 Å². The lowest BCUT2D eigenvalue weighted by molar-refractivity contribution is -0.214. The van der Waals surface area contributed by atoms with Crippen LogP contribution in [0, 0.1) is 0 Å². The van der Waals surface area contributed by atoms with Gasteiger partial charge in [-0.1, -0.05) is 36.4 Å². The maximum atomic E-state index is 11.7. The smallest absolute Gasteiger partial charge is 0.319 e. The molecule has 7 heteroatoms. The number of fused-ring (bicyclic) bond motifs is 3. The predicted octanol–water partition coefficient (Wildman–Crippen LogP) is 3.94. The molecule has 2 aromatic carbocycles. The average Bonchev–Trinajstić information content (AvgIpc) is 2.67. The van der Waals surface area contributed by atoms with E-state index in [4.69, 9.17) is 9.51 Å². The first-order valence-electron chi connectivity index (χ1n) is 7.88. The van der Waals surface area contributed by atoms with Crippen molar-refractivity contribution >= 4 is 29.6 Å². The van der Waals surface area contributed by atoms with Crippen LogP contribution in [-0.4, -0.2) is 17.1 Å². The van der Waals surface area contributed by atoms with Crippen molar-refractivity contribution < 1.29 is 18.5 Å². The number of phosphoric acid groups is 1. The van der Waals surface area contributed by atoms with Crippen LogP contribution < -0.4 is 9.42 Å². The van der Waals surface area contributed by atoms with Gasteiger partial charge >= 0.3 is 7.82 Å². The zero-order valence-corrected chi connectivity index (χ0v) is 14.7. The van der Waals surface area contributed by atoms with Gasteiger partial charge in [0.1, 0.15) is 5.75 Å². The lowest BCUT2D eigenvalue weighted by Gasteiger charge is -2.22. The summed E-state index contributed by atoms with van der Waals surface area (Å²) < 4.78 is 21.2. The molecule has 6 nitrogen and oxygen atoms in total. The highest BCUT2D eigenvalue weighted by Gasteiger charge is 2.15. The Labute approximate surface area is 149 Å². The zero-order valence-electron chi connectivity index (χ0n) is 13.8. The summed E-state index contributed by atoms with van der Waals surface area (Å²) in [6, 6.07) is 18.4. The Morgan fingerprint density at radius 1 is 0.923 bits per heavy atom. The topological polar surface area (TPSA) is 84.4 Å². The Morgan fingerprint density at radius 2 is 1.65 bits per heavy atom. The number of hydrogen-bond donors (Lipinski definition) is 0. The van der Waals surface area contributed by atoms with Gasteiger partial charge in [0.05, 0.1) is 16.7 Å². The van der Waals surface area contributed by atoms with Crippen LogP contribution in [0.2, 0.25) is 0 Å². The molecule has 26 heavy (non-hydrogen) atoms. The summed E-state index contributed by atoms with van der Waals surface area (Å²) >= 11 is 0. The third-order valence-corrected chi connectivity index (χ3v) is 4.90. The van der Waals surface area contributed by atoms with Crippen molar-refractivity contribution in [2.24, 2.45) is 0 Å². The molecule has 0 aliphatic rings. The summed E-state index contributed by atoms with van der Waals surface area (Å²) in [5.74, 6) is 0.160. The molecule has 2 heterocycles. The van der Waals surface area contributed by atoms with Crippen molar-refractivity contribution in [1.29, 1.82) is 0 Å². The minimum Gasteiger partial charge on any atom is -0.746 e. The fourth-order valence-corrected chi connectivity index (χ4v) is 3.26. The standard InChI is InChI=1S/C19H15N2O4P/c1-24-26(22,23)25-17-7-3-2-6-15(17)16-11-10-14-9-8-13-5-4-12-20-18(13)19(14)21-16/h2-12H,1H3,(H,22,23)/p-1. The molecule has 0 N–H and O–H groups in total. The maximum absolute atomic E-state index is 11.7. The molecule has 0 saturated carbocycles. The van der Waals surface area contributed by atoms with Crippen LogP contribution in [0.15, 0.2) is 66.9 Å². The maximum Gasteiger partial charge on any atom is 0.319 e. The molecule has 2 aromatic heterocycles. The largest absolute Gasteiger partial charge is 0.746 e. The average molecular weight is 365 g/mol. The van der Waals surface area contributed by atoms with E-state index in [0.717, 1.165) is 28.9 Å². The summed E-state index contributed by atoms with van der Waals surface area (Å²) in [4.78, 5) is 20.8. The van der Waals surface area contributed by atoms with Gasteiger partial charge < -0.3 is 13.9 Å². The van der Waals surface area contributed by atoms with Gasteiger partial charge in [-0.25, -0.2) is 4.98 Å². The predicted molar refractivity (Wildman–Crippen MR) is 97.7 cm³/mol. The van der Waals surface area contributed by atoms with Gasteiger partial charge in [-0.15, -0.1) is 0 Å². The molecule has 4 aromatic rings. The Morgan fingerprint density at radius 3 is 2.46 bits per heavy atom. The summed E-state index contributed by atoms with van der Waals surface area (Å²) in [6.07, 6.45) is 1.72. The molecule has 0 bridgehead atoms. The zero-order chi connectivity index (χ0) is 18.1. The quantitative estimate of drug-likeness (QED) is 0.402. The first kappa shape index (κ1) is 16.7. The van der Waals surface area contributed by atoms with E-state index in [9.17, 15) is 9.46 Å². The minimum absolute atomic E-state index is 0.160. The molecule has 0 aliphatic heterocycles. The Bertz CT molecular complexity index is 1160. The Balaban J connectivity index is 1.90. The van der Waals surface area contributed by atoms with Crippen LogP contribution in [0.5, 0.6) is 5.75 Å². The third-order valence-electron chi connectivity index (χ3n) is 4.03. The van der Waals surface area contributed by atoms with Crippen LogP contribution >= 0.6 is 7.82 Å². The molecule has 0 spiro atoms. The van der Waals surface area contributed by atoms with Gasteiger partial charge in [-0.05, 0) is 24.3 Å². The number of nitrogens with zero attached hydrogens (tertiary/aromatic N) is 2. The Kier molecular flexibility index (Phi) is 4.17. The monoisotopic (exact) mass is 365 g/mol. The van der Waals surface area contributed by atoms with Gasteiger partial charge in [-0.2, -0.15) is 0 Å². The summed E-state index contributed by atoms with van der Waals surface area (Å²) in [5, 5.41) is 1.93. The number of pyridine rings is 2. The van der Waals surface area contributed by atoms with Crippen molar-refractivity contribution in [3.63, 3.8) is 0 Å². The molecule has 1 unspecified atom stereocenters. The first-order chi connectivity index (χ1) is 12.6. The number of hydrogen-bond acceptors (Lipinski definition) is 6. The van der Waals surface area contributed by atoms with E-state index in [1.54, 1.807) is 30.5 Å². The van der Waals surface area contributed by atoms with E-state index < -0.39 is 7.82 Å². The van der Waals surface area contributed by atoms with Crippen molar-refractivity contribution in [1.82, 2.24) is 9.97 Å². The summed E-state index contributed by atoms with van der Waals surface area (Å²) in [5.41, 5.74) is 2.67. The number of benzene rings is 2. The first-order valence-corrected chi connectivity index (χ1v) is 9.34. The van der Waals surface area contributed by atoms with E-state index in [1.807, 2.05) is 36.4 Å². The van der Waals surface area contributed by atoms with E-state index in [1.165, 1.54) is 0 Å². The van der Waals surface area contributed by atoms with Gasteiger partial charge in [-0.3, -0.25) is 9.55 Å². The van der Waals surface area contributed by atoms with Crippen molar-refractivity contribution in [2.75, 3.05) is 7.11 Å². The van der Waals surface area contributed by atoms with Gasteiger partial charge in [0.25, 0.3) is 0 Å². The second-order valence-electron chi connectivity index (χ2n) is 5.63. The summed E-state index contributed by atoms with van der Waals surface area (Å²) in [6.45, 7) is 0. The highest BCUT2D eigenvalue weighted by molar-refractivity contribution is 7.46. The third kappa shape index (κ3) is 3.06. The van der Waals surface area contributed by atoms with E-state index >= 15 is 0 Å². The number of rotatable bonds is 4. The molecule has 0 radical (unpaired) electrons. The van der Waals surface area contributed by atoms with Gasteiger partial charge in [0.15, 0.2) is 0 Å². The van der Waals surface area contributed by atoms with Crippen LogP contribution in [0.4, 0.5) is 0 Å². The molecular weight excluding hydrogens is 351 g/mol. The molecule has 0 saturated heterocycles. The molecule has 1 atom stereocenters. The normalized spacial score (nSPS) is 13.6. The molecule has 0 aliphatic carbocycles. The minimum atomic E-state index is -4.42. The number of para-hydroxylation sites is 1. The lowest BCUT2D eigenvalue weighted by Crippen LogP contribution is -2.09. The molecule has 4 rings (SSSR count). The number of phosphoric ester groups is 1. The van der Waals surface area contributed by atoms with Crippen LogP contribution in [0.1, 0.15) is 0 Å². The second-order valence-corrected chi connectivity index (χ2v) is 7.07. The van der Waals surface area contributed by atoms with Crippen LogP contribution in [-0.2, 0) is 9.09 Å². The van der Waals surface area contributed by atoms with E-state index in [-0.39, 0.29) is 5.75 Å². The fourth-order valence-electron chi connectivity index (χ4n) is 2.79. The van der Waals surface area contributed by atoms with E-state index in [2.05, 4.69) is 9.51 Å². The van der Waals surface area contributed by atoms with Crippen molar-refractivity contribution in [2.45, 2.75) is 0 Å². The molecule has 130 valence electrons. The number of aromatic nitrogens is 2. The molecular formula is C19H14N2O4P-. The Hall–Kier alpha value is -2.79. The fraction of sp³-hybridized carbons (Fsp3) is 0.0526. The molecule has 0 amide bonds. The van der Waals surface area contributed by atoms with Crippen LogP contribution in [0.25, 0.3) is 33.1 Å². The molecule has 0 fully saturated rings.